The minimum Gasteiger partial charge on any atom is -0.748 e. The third-order valence-corrected chi connectivity index (χ3v) is 7.81. The van der Waals surface area contributed by atoms with E-state index in [4.69, 9.17) is 0 Å². The fourth-order valence-corrected chi connectivity index (χ4v) is 5.43. The summed E-state index contributed by atoms with van der Waals surface area (Å²) >= 11 is 0. The SMILES string of the molecule is CCCCCCCCCCCCCC[N+](C)(C)Cc1ccc(C[N+](C)(C)CCCS(=O)(=O)[O-])cc1.[H+]. The van der Waals surface area contributed by atoms with Gasteiger partial charge in [-0.05, 0) is 12.8 Å². The van der Waals surface area contributed by atoms with Crippen molar-refractivity contribution in [3.8, 4) is 0 Å². The summed E-state index contributed by atoms with van der Waals surface area (Å²) in [7, 11) is 4.70. The van der Waals surface area contributed by atoms with Crippen molar-refractivity contribution in [3.05, 3.63) is 35.4 Å². The van der Waals surface area contributed by atoms with E-state index in [1.54, 1.807) is 0 Å². The van der Waals surface area contributed by atoms with Crippen molar-refractivity contribution in [3.63, 3.8) is 0 Å². The lowest BCUT2D eigenvalue weighted by molar-refractivity contribution is -0.904. The molecule has 0 radical (unpaired) electrons. The van der Waals surface area contributed by atoms with Gasteiger partial charge in [-0.25, -0.2) is 8.42 Å². The van der Waals surface area contributed by atoms with E-state index in [2.05, 4.69) is 59.4 Å². The van der Waals surface area contributed by atoms with E-state index in [9.17, 15) is 13.0 Å². The van der Waals surface area contributed by atoms with Gasteiger partial charge in [0.25, 0.3) is 0 Å². The van der Waals surface area contributed by atoms with E-state index < -0.39 is 10.1 Å². The summed E-state index contributed by atoms with van der Waals surface area (Å²) in [6.07, 6.45) is 17.1. The molecule has 1 aromatic carbocycles. The fraction of sp³-hybridized carbons (Fsp3) is 0.793. The van der Waals surface area contributed by atoms with Crippen LogP contribution in [-0.2, 0) is 23.2 Å². The molecule has 0 bridgehead atoms. The Morgan fingerprint density at radius 3 is 1.34 bits per heavy atom. The number of rotatable bonds is 21. The van der Waals surface area contributed by atoms with Crippen molar-refractivity contribution < 1.29 is 23.4 Å². The number of benzene rings is 1. The Kier molecular flexibility index (Phi) is 15.3. The highest BCUT2D eigenvalue weighted by Crippen LogP contribution is 2.17. The average Bonchev–Trinajstić information content (AvgIpc) is 2.74. The first-order valence-electron chi connectivity index (χ1n) is 14.1. The lowest BCUT2D eigenvalue weighted by atomic mass is 10.0. The van der Waals surface area contributed by atoms with E-state index in [0.717, 1.165) is 17.6 Å². The smallest absolute Gasteiger partial charge is 0.748 e. The maximum atomic E-state index is 10.8. The van der Waals surface area contributed by atoms with Crippen molar-refractivity contribution in [2.45, 2.75) is 103 Å². The molecule has 0 aliphatic carbocycles. The maximum absolute atomic E-state index is 10.8. The first-order valence-corrected chi connectivity index (χ1v) is 15.7. The fourth-order valence-electron chi connectivity index (χ4n) is 4.95. The molecule has 6 heteroatoms. The summed E-state index contributed by atoms with van der Waals surface area (Å²) < 4.78 is 34.2. The molecule has 204 valence electrons. The molecule has 0 saturated carbocycles. The Hall–Kier alpha value is -0.950. The van der Waals surface area contributed by atoms with Crippen LogP contribution in [0.25, 0.3) is 0 Å². The van der Waals surface area contributed by atoms with Gasteiger partial charge >= 0.3 is 1.43 Å². The van der Waals surface area contributed by atoms with E-state index in [0.29, 0.717) is 17.4 Å². The third-order valence-electron chi connectivity index (χ3n) is 7.02. The summed E-state index contributed by atoms with van der Waals surface area (Å²) in [5, 5.41) is 0. The molecule has 5 nitrogen and oxygen atoms in total. The van der Waals surface area contributed by atoms with Gasteiger partial charge in [0, 0.05) is 23.3 Å². The second kappa shape index (κ2) is 16.7. The second-order valence-corrected chi connectivity index (χ2v) is 13.5. The van der Waals surface area contributed by atoms with E-state index in [1.807, 2.05) is 0 Å². The third kappa shape index (κ3) is 18.0. The van der Waals surface area contributed by atoms with Crippen LogP contribution in [0.1, 0.15) is 103 Å². The predicted octanol–water partition coefficient (Wildman–Crippen LogP) is 6.59. The molecule has 0 spiro atoms. The van der Waals surface area contributed by atoms with Gasteiger partial charge in [-0.2, -0.15) is 0 Å². The second-order valence-electron chi connectivity index (χ2n) is 12.0. The van der Waals surface area contributed by atoms with Crippen molar-refractivity contribution in [1.29, 1.82) is 0 Å². The zero-order valence-electron chi connectivity index (χ0n) is 24.6. The molecular weight excluding hydrogens is 456 g/mol. The van der Waals surface area contributed by atoms with Gasteiger partial charge in [0.1, 0.15) is 13.1 Å². The molecule has 0 saturated heterocycles. The summed E-state index contributed by atoms with van der Waals surface area (Å²) in [5.41, 5.74) is 2.61. The summed E-state index contributed by atoms with van der Waals surface area (Å²) in [5.74, 6) is -0.278. The van der Waals surface area contributed by atoms with Gasteiger partial charge in [-0.15, -0.1) is 0 Å². The van der Waals surface area contributed by atoms with Gasteiger partial charge in [-0.3, -0.25) is 0 Å². The van der Waals surface area contributed by atoms with Crippen LogP contribution >= 0.6 is 0 Å². The van der Waals surface area contributed by atoms with Crippen LogP contribution in [0.4, 0.5) is 0 Å². The number of hydrogen-bond acceptors (Lipinski definition) is 3. The van der Waals surface area contributed by atoms with Crippen molar-refractivity contribution >= 4 is 10.1 Å². The number of unbranched alkanes of at least 4 members (excludes halogenated alkanes) is 11. The zero-order valence-corrected chi connectivity index (χ0v) is 24.4. The van der Waals surface area contributed by atoms with Gasteiger partial charge in [-0.1, -0.05) is 95.4 Å². The first-order chi connectivity index (χ1) is 16.4. The molecule has 0 aliphatic rings. The average molecular weight is 513 g/mol. The molecule has 0 unspecified atom stereocenters. The van der Waals surface area contributed by atoms with Crippen molar-refractivity contribution in [2.75, 3.05) is 47.0 Å². The maximum Gasteiger partial charge on any atom is 1.00 e. The van der Waals surface area contributed by atoms with Gasteiger partial charge < -0.3 is 13.5 Å². The molecule has 0 aromatic heterocycles. The lowest BCUT2D eigenvalue weighted by Crippen LogP contribution is -2.40. The molecule has 0 fully saturated rings. The normalized spacial score (nSPS) is 12.9. The van der Waals surface area contributed by atoms with Crippen LogP contribution < -0.4 is 0 Å². The molecular formula is C29H56N2O3S+2. The van der Waals surface area contributed by atoms with Gasteiger partial charge in [0.2, 0.25) is 0 Å². The Balaban J connectivity index is 0.0000122. The van der Waals surface area contributed by atoms with Gasteiger partial charge in [0.05, 0.1) is 51.4 Å². The Morgan fingerprint density at radius 2 is 0.971 bits per heavy atom. The number of quaternary nitrogens is 2. The van der Waals surface area contributed by atoms with Crippen LogP contribution in [0.15, 0.2) is 24.3 Å². The van der Waals surface area contributed by atoms with Crippen molar-refractivity contribution in [1.82, 2.24) is 0 Å². The van der Waals surface area contributed by atoms with Crippen LogP contribution in [0, 0.1) is 0 Å². The zero-order chi connectivity index (χ0) is 26.2. The van der Waals surface area contributed by atoms with E-state index in [1.165, 1.54) is 94.7 Å². The highest BCUT2D eigenvalue weighted by molar-refractivity contribution is 7.85. The monoisotopic (exact) mass is 512 g/mol. The molecule has 0 aliphatic heterocycles. The summed E-state index contributed by atoms with van der Waals surface area (Å²) in [6.45, 7) is 6.04. The van der Waals surface area contributed by atoms with Crippen LogP contribution in [-0.4, -0.2) is 69.0 Å². The summed E-state index contributed by atoms with van der Waals surface area (Å²) in [6, 6.07) is 8.87. The standard InChI is InChI=1S/C29H55N2O3S/c1-6-7-8-9-10-11-12-13-14-15-16-17-23-30(2,3)26-28-19-21-29(22-20-28)27-31(4,5)24-18-25-35(32,33)34/h19-22H,6-18,23-27H2,1-5H3/q+1/p+1. The quantitative estimate of drug-likeness (QED) is 0.106. The van der Waals surface area contributed by atoms with E-state index >= 15 is 0 Å². The minimum absolute atomic E-state index is 0. The Bertz CT molecular complexity index is 780. The lowest BCUT2D eigenvalue weighted by Gasteiger charge is -2.31. The highest BCUT2D eigenvalue weighted by atomic mass is 32.2. The predicted molar refractivity (Wildman–Crippen MR) is 149 cm³/mol. The minimum atomic E-state index is -4.12. The molecule has 1 aromatic rings. The first kappa shape index (κ1) is 32.1. The van der Waals surface area contributed by atoms with Crippen LogP contribution in [0.3, 0.4) is 0 Å². The number of hydrogen-bond donors (Lipinski definition) is 0. The van der Waals surface area contributed by atoms with Crippen LogP contribution in [0.2, 0.25) is 0 Å². The van der Waals surface area contributed by atoms with Crippen molar-refractivity contribution in [2.24, 2.45) is 0 Å². The van der Waals surface area contributed by atoms with E-state index in [-0.39, 0.29) is 7.18 Å². The molecule has 1 rings (SSSR count). The Labute approximate surface area is 219 Å². The molecule has 0 amide bonds. The van der Waals surface area contributed by atoms with Gasteiger partial charge in [0.15, 0.2) is 0 Å². The topological polar surface area (TPSA) is 57.2 Å². The largest absolute Gasteiger partial charge is 1.00 e. The summed E-state index contributed by atoms with van der Waals surface area (Å²) in [4.78, 5) is 0. The molecule has 35 heavy (non-hydrogen) atoms. The molecule has 0 atom stereocenters. The van der Waals surface area contributed by atoms with Crippen LogP contribution in [0.5, 0.6) is 0 Å². The highest BCUT2D eigenvalue weighted by Gasteiger charge is 2.18. The molecule has 0 N–H and O–H groups in total. The number of nitrogens with zero attached hydrogens (tertiary/aromatic N) is 2. The Morgan fingerprint density at radius 1 is 0.629 bits per heavy atom. The molecule has 0 heterocycles.